The Morgan fingerprint density at radius 2 is 2.25 bits per heavy atom. The molecule has 0 radical (unpaired) electrons. The molecule has 0 spiro atoms. The largest absolute Gasteiger partial charge is 0.507 e. The number of aliphatic hydroxyl groups excluding tert-OH is 1. The first-order valence-electron chi connectivity index (χ1n) is 6.87. The zero-order valence-electron chi connectivity index (χ0n) is 11.5. The van der Waals surface area contributed by atoms with Gasteiger partial charge in [-0.15, -0.1) is 0 Å². The van der Waals surface area contributed by atoms with E-state index in [-0.39, 0.29) is 23.2 Å². The number of hydrogen-bond acceptors (Lipinski definition) is 3. The van der Waals surface area contributed by atoms with Crippen LogP contribution in [0, 0.1) is 5.41 Å². The molecule has 5 heteroatoms. The lowest BCUT2D eigenvalue weighted by molar-refractivity contribution is 0.00190. The predicted molar refractivity (Wildman–Crippen MR) is 80.7 cm³/mol. The Bertz CT molecular complexity index is 506. The number of hydrogen-bond donors (Lipinski definition) is 3. The van der Waals surface area contributed by atoms with Gasteiger partial charge in [-0.3, -0.25) is 4.79 Å². The molecule has 2 rings (SSSR count). The number of carbonyl (C=O) groups excluding carboxylic acids is 1. The Kier molecular flexibility index (Phi) is 4.70. The Labute approximate surface area is 127 Å². The minimum absolute atomic E-state index is 0.0431. The van der Waals surface area contributed by atoms with Crippen LogP contribution in [0.15, 0.2) is 22.7 Å². The summed E-state index contributed by atoms with van der Waals surface area (Å²) >= 11 is 3.18. The highest BCUT2D eigenvalue weighted by molar-refractivity contribution is 9.10. The van der Waals surface area contributed by atoms with E-state index in [1.165, 1.54) is 6.07 Å². The van der Waals surface area contributed by atoms with Crippen LogP contribution in [0.1, 0.15) is 43.0 Å². The van der Waals surface area contributed by atoms with E-state index >= 15 is 0 Å². The van der Waals surface area contributed by atoms with Crippen molar-refractivity contribution in [2.75, 3.05) is 6.54 Å². The van der Waals surface area contributed by atoms with Gasteiger partial charge in [-0.2, -0.15) is 0 Å². The van der Waals surface area contributed by atoms with E-state index in [9.17, 15) is 15.0 Å². The van der Waals surface area contributed by atoms with Crippen molar-refractivity contribution in [1.29, 1.82) is 0 Å². The van der Waals surface area contributed by atoms with Crippen molar-refractivity contribution >= 4 is 21.8 Å². The molecule has 0 bridgehead atoms. The first kappa shape index (κ1) is 15.3. The first-order chi connectivity index (χ1) is 9.42. The van der Waals surface area contributed by atoms with E-state index in [0.717, 1.165) is 25.7 Å². The van der Waals surface area contributed by atoms with Crippen molar-refractivity contribution < 1.29 is 15.0 Å². The van der Waals surface area contributed by atoms with Crippen LogP contribution in [0.25, 0.3) is 0 Å². The molecule has 1 aliphatic carbocycles. The predicted octanol–water partition coefficient (Wildman–Crippen LogP) is 2.83. The molecule has 2 atom stereocenters. The molecule has 0 aliphatic heterocycles. The average molecular weight is 342 g/mol. The maximum Gasteiger partial charge on any atom is 0.251 e. The van der Waals surface area contributed by atoms with Crippen LogP contribution >= 0.6 is 15.9 Å². The van der Waals surface area contributed by atoms with Gasteiger partial charge in [0.15, 0.2) is 0 Å². The number of aromatic hydroxyl groups is 1. The Morgan fingerprint density at radius 1 is 1.50 bits per heavy atom. The third kappa shape index (κ3) is 3.33. The van der Waals surface area contributed by atoms with E-state index < -0.39 is 0 Å². The molecule has 4 nitrogen and oxygen atoms in total. The third-order valence-electron chi connectivity index (χ3n) is 4.14. The fourth-order valence-corrected chi connectivity index (χ4v) is 2.87. The Balaban J connectivity index is 1.99. The molecule has 20 heavy (non-hydrogen) atoms. The maximum atomic E-state index is 12.1. The third-order valence-corrected chi connectivity index (χ3v) is 4.81. The fraction of sp³-hybridized carbons (Fsp3) is 0.533. The number of rotatable bonds is 3. The van der Waals surface area contributed by atoms with Crippen molar-refractivity contribution in [3.8, 4) is 5.75 Å². The first-order valence-corrected chi connectivity index (χ1v) is 7.66. The standard InChI is InChI=1S/C15H20BrNO3/c1-15(7-3-2-4-13(15)19)9-17-14(20)10-5-6-11(16)12(18)8-10/h5-6,8,13,18-19H,2-4,7,9H2,1H3,(H,17,20). The fourth-order valence-electron chi connectivity index (χ4n) is 2.63. The minimum Gasteiger partial charge on any atom is -0.507 e. The number of nitrogens with one attached hydrogen (secondary N) is 1. The van der Waals surface area contributed by atoms with Crippen molar-refractivity contribution in [3.05, 3.63) is 28.2 Å². The number of aliphatic hydroxyl groups is 1. The van der Waals surface area contributed by atoms with Crippen LogP contribution in [-0.4, -0.2) is 28.8 Å². The van der Waals surface area contributed by atoms with Gasteiger partial charge in [-0.05, 0) is 47.0 Å². The molecular weight excluding hydrogens is 322 g/mol. The number of halogens is 1. The summed E-state index contributed by atoms with van der Waals surface area (Å²) in [6, 6.07) is 4.72. The quantitative estimate of drug-likeness (QED) is 0.791. The number of phenols is 1. The van der Waals surface area contributed by atoms with Crippen LogP contribution < -0.4 is 5.32 Å². The maximum absolute atomic E-state index is 12.1. The summed E-state index contributed by atoms with van der Waals surface area (Å²) in [6.45, 7) is 2.46. The molecule has 2 unspecified atom stereocenters. The van der Waals surface area contributed by atoms with E-state index in [1.54, 1.807) is 12.1 Å². The summed E-state index contributed by atoms with van der Waals surface area (Å²) < 4.78 is 0.559. The number of phenolic OH excluding ortho intramolecular Hbond substituents is 1. The van der Waals surface area contributed by atoms with E-state index in [0.29, 0.717) is 16.6 Å². The lowest BCUT2D eigenvalue weighted by atomic mass is 9.73. The Hall–Kier alpha value is -1.07. The second kappa shape index (κ2) is 6.14. The van der Waals surface area contributed by atoms with Gasteiger partial charge in [0, 0.05) is 17.5 Å². The van der Waals surface area contributed by atoms with Crippen LogP contribution in [-0.2, 0) is 0 Å². The summed E-state index contributed by atoms with van der Waals surface area (Å²) in [5.41, 5.74) is 0.158. The van der Waals surface area contributed by atoms with E-state index in [4.69, 9.17) is 0 Å². The molecule has 1 amide bonds. The molecule has 1 saturated carbocycles. The summed E-state index contributed by atoms with van der Waals surface area (Å²) in [4.78, 5) is 12.1. The zero-order valence-corrected chi connectivity index (χ0v) is 13.1. The molecule has 0 aromatic heterocycles. The van der Waals surface area contributed by atoms with E-state index in [1.807, 2.05) is 6.92 Å². The molecule has 1 aliphatic rings. The van der Waals surface area contributed by atoms with Gasteiger partial charge in [0.2, 0.25) is 0 Å². The molecule has 0 saturated heterocycles. The molecular formula is C15H20BrNO3. The summed E-state index contributed by atoms with van der Waals surface area (Å²) in [5.74, 6) is -0.187. The van der Waals surface area contributed by atoms with E-state index in [2.05, 4.69) is 21.2 Å². The lowest BCUT2D eigenvalue weighted by Gasteiger charge is -2.38. The second-order valence-corrected chi connectivity index (χ2v) is 6.62. The van der Waals surface area contributed by atoms with Gasteiger partial charge in [-0.25, -0.2) is 0 Å². The minimum atomic E-state index is -0.366. The van der Waals surface area contributed by atoms with Gasteiger partial charge < -0.3 is 15.5 Å². The van der Waals surface area contributed by atoms with Crippen LogP contribution in [0.5, 0.6) is 5.75 Å². The SMILES string of the molecule is CC1(CNC(=O)c2ccc(Br)c(O)c2)CCCCC1O. The normalized spacial score (nSPS) is 26.2. The van der Waals surface area contributed by atoms with Crippen molar-refractivity contribution in [2.45, 2.75) is 38.7 Å². The van der Waals surface area contributed by atoms with Crippen LogP contribution in [0.3, 0.4) is 0 Å². The monoisotopic (exact) mass is 341 g/mol. The van der Waals surface area contributed by atoms with Gasteiger partial charge in [-0.1, -0.05) is 19.8 Å². The van der Waals surface area contributed by atoms with Gasteiger partial charge in [0.1, 0.15) is 5.75 Å². The average Bonchev–Trinajstić information content (AvgIpc) is 2.43. The Morgan fingerprint density at radius 3 is 2.90 bits per heavy atom. The van der Waals surface area contributed by atoms with Crippen molar-refractivity contribution in [1.82, 2.24) is 5.32 Å². The highest BCUT2D eigenvalue weighted by Gasteiger charge is 2.35. The van der Waals surface area contributed by atoms with Gasteiger partial charge in [0.05, 0.1) is 10.6 Å². The molecule has 1 fully saturated rings. The van der Waals surface area contributed by atoms with Crippen molar-refractivity contribution in [2.24, 2.45) is 5.41 Å². The summed E-state index contributed by atoms with van der Waals surface area (Å²) in [5, 5.41) is 22.5. The van der Waals surface area contributed by atoms with Crippen LogP contribution in [0.4, 0.5) is 0 Å². The molecule has 1 aromatic rings. The molecule has 110 valence electrons. The smallest absolute Gasteiger partial charge is 0.251 e. The van der Waals surface area contributed by atoms with Gasteiger partial charge in [0.25, 0.3) is 5.91 Å². The molecule has 3 N–H and O–H groups in total. The zero-order chi connectivity index (χ0) is 14.8. The second-order valence-electron chi connectivity index (χ2n) is 5.76. The number of benzene rings is 1. The highest BCUT2D eigenvalue weighted by atomic mass is 79.9. The lowest BCUT2D eigenvalue weighted by Crippen LogP contribution is -2.45. The van der Waals surface area contributed by atoms with Gasteiger partial charge >= 0.3 is 0 Å². The topological polar surface area (TPSA) is 69.6 Å². The number of carbonyl (C=O) groups is 1. The highest BCUT2D eigenvalue weighted by Crippen LogP contribution is 2.35. The van der Waals surface area contributed by atoms with Crippen molar-refractivity contribution in [3.63, 3.8) is 0 Å². The summed E-state index contributed by atoms with van der Waals surface area (Å²) in [7, 11) is 0. The molecule has 0 heterocycles. The van der Waals surface area contributed by atoms with Crippen LogP contribution in [0.2, 0.25) is 0 Å². The summed E-state index contributed by atoms with van der Waals surface area (Å²) in [6.07, 6.45) is 3.48. The molecule has 1 aromatic carbocycles. The number of amides is 1.